The van der Waals surface area contributed by atoms with Crippen LogP contribution in [0.15, 0.2) is 77.7 Å². The summed E-state index contributed by atoms with van der Waals surface area (Å²) in [6, 6.07) is 18.1. The van der Waals surface area contributed by atoms with Gasteiger partial charge in [0.25, 0.3) is 10.0 Å². The van der Waals surface area contributed by atoms with Crippen LogP contribution in [0.25, 0.3) is 0 Å². The van der Waals surface area contributed by atoms with Gasteiger partial charge in [-0.05, 0) is 67.8 Å². The first kappa shape index (κ1) is 31.7. The number of carbonyl (C=O) groups is 2. The Morgan fingerprint density at radius 1 is 0.875 bits per heavy atom. The minimum atomic E-state index is -4.23. The van der Waals surface area contributed by atoms with Gasteiger partial charge < -0.3 is 10.2 Å². The van der Waals surface area contributed by atoms with Gasteiger partial charge in [-0.15, -0.1) is 0 Å². The summed E-state index contributed by atoms with van der Waals surface area (Å²) in [4.78, 5) is 28.8. The van der Waals surface area contributed by atoms with E-state index in [2.05, 4.69) is 5.32 Å². The molecule has 0 aliphatic carbocycles. The third kappa shape index (κ3) is 7.91. The molecule has 0 saturated heterocycles. The van der Waals surface area contributed by atoms with E-state index >= 15 is 0 Å². The van der Waals surface area contributed by atoms with Crippen LogP contribution in [-0.4, -0.2) is 43.8 Å². The molecule has 2 atom stereocenters. The number of sulfonamides is 1. The third-order valence-corrected chi connectivity index (χ3v) is 9.01. The molecule has 7 nitrogen and oxygen atoms in total. The van der Waals surface area contributed by atoms with Gasteiger partial charge in [0.15, 0.2) is 0 Å². The van der Waals surface area contributed by atoms with Crippen LogP contribution in [0.2, 0.25) is 15.1 Å². The highest BCUT2D eigenvalue weighted by molar-refractivity contribution is 7.92. The third-order valence-electron chi connectivity index (χ3n) is 6.44. The van der Waals surface area contributed by atoms with Crippen molar-refractivity contribution in [2.24, 2.45) is 0 Å². The summed E-state index contributed by atoms with van der Waals surface area (Å²) in [7, 11) is -4.23. The van der Waals surface area contributed by atoms with Crippen molar-refractivity contribution in [2.75, 3.05) is 10.8 Å². The zero-order valence-electron chi connectivity index (χ0n) is 22.5. The van der Waals surface area contributed by atoms with E-state index in [1.165, 1.54) is 35.2 Å². The lowest BCUT2D eigenvalue weighted by Crippen LogP contribution is -2.53. The second-order valence-corrected chi connectivity index (χ2v) is 12.5. The fourth-order valence-electron chi connectivity index (χ4n) is 4.06. The molecule has 0 aromatic heterocycles. The molecule has 0 aliphatic rings. The summed E-state index contributed by atoms with van der Waals surface area (Å²) >= 11 is 18.6. The summed E-state index contributed by atoms with van der Waals surface area (Å²) in [5, 5.41) is 3.85. The number of carbonyl (C=O) groups excluding carboxylic acids is 2. The van der Waals surface area contributed by atoms with Crippen molar-refractivity contribution in [3.63, 3.8) is 0 Å². The summed E-state index contributed by atoms with van der Waals surface area (Å²) in [6.07, 6.45) is 1.03. The van der Waals surface area contributed by atoms with Gasteiger partial charge in [0.1, 0.15) is 12.6 Å². The Labute approximate surface area is 251 Å². The second-order valence-electron chi connectivity index (χ2n) is 9.31. The van der Waals surface area contributed by atoms with Gasteiger partial charge in [0, 0.05) is 22.6 Å². The SMILES string of the molecule is CC[C@H](C)NC(=O)[C@H](CC)N(Cc1ccc(Cl)cc1)C(=O)CN(c1ccc(Cl)cc1Cl)S(=O)(=O)c1ccccc1. The molecule has 0 fully saturated rings. The predicted octanol–water partition coefficient (Wildman–Crippen LogP) is 6.56. The number of benzene rings is 3. The number of nitrogens with one attached hydrogen (secondary N) is 1. The molecule has 214 valence electrons. The minimum absolute atomic E-state index is 0.0142. The molecule has 1 N–H and O–H groups in total. The molecular formula is C29H32Cl3N3O4S. The maximum absolute atomic E-state index is 14.1. The molecule has 11 heteroatoms. The average Bonchev–Trinajstić information content (AvgIpc) is 2.93. The summed E-state index contributed by atoms with van der Waals surface area (Å²) in [6.45, 7) is 5.10. The molecule has 0 heterocycles. The van der Waals surface area contributed by atoms with Crippen LogP contribution in [0.4, 0.5) is 5.69 Å². The lowest BCUT2D eigenvalue weighted by atomic mass is 10.1. The van der Waals surface area contributed by atoms with Gasteiger partial charge in [-0.1, -0.05) is 79.0 Å². The maximum Gasteiger partial charge on any atom is 0.264 e. The van der Waals surface area contributed by atoms with E-state index in [1.54, 1.807) is 49.4 Å². The number of anilines is 1. The molecule has 0 bridgehead atoms. The van der Waals surface area contributed by atoms with E-state index in [0.717, 1.165) is 9.87 Å². The van der Waals surface area contributed by atoms with Gasteiger partial charge in [-0.2, -0.15) is 0 Å². The number of hydrogen-bond acceptors (Lipinski definition) is 4. The zero-order valence-corrected chi connectivity index (χ0v) is 25.6. The Balaban J connectivity index is 2.07. The molecule has 0 unspecified atom stereocenters. The summed E-state index contributed by atoms with van der Waals surface area (Å²) in [5.41, 5.74) is 0.821. The Hall–Kier alpha value is -2.78. The van der Waals surface area contributed by atoms with Gasteiger partial charge in [-0.25, -0.2) is 8.42 Å². The molecule has 0 aliphatic heterocycles. The highest BCUT2D eigenvalue weighted by atomic mass is 35.5. The van der Waals surface area contributed by atoms with E-state index in [1.807, 2.05) is 13.8 Å². The van der Waals surface area contributed by atoms with E-state index in [4.69, 9.17) is 34.8 Å². The smallest absolute Gasteiger partial charge is 0.264 e. The van der Waals surface area contributed by atoms with E-state index in [0.29, 0.717) is 22.9 Å². The Kier molecular flexibility index (Phi) is 11.3. The van der Waals surface area contributed by atoms with Crippen molar-refractivity contribution in [1.29, 1.82) is 0 Å². The molecule has 3 aromatic carbocycles. The maximum atomic E-state index is 14.1. The number of amides is 2. The predicted molar refractivity (Wildman–Crippen MR) is 161 cm³/mol. The number of hydrogen-bond donors (Lipinski definition) is 1. The highest BCUT2D eigenvalue weighted by Crippen LogP contribution is 2.33. The molecule has 3 rings (SSSR count). The van der Waals surface area contributed by atoms with Crippen LogP contribution in [-0.2, 0) is 26.2 Å². The molecular weight excluding hydrogens is 593 g/mol. The topological polar surface area (TPSA) is 86.8 Å². The summed E-state index contributed by atoms with van der Waals surface area (Å²) in [5.74, 6) is -0.896. The van der Waals surface area contributed by atoms with Crippen molar-refractivity contribution in [2.45, 2.75) is 57.1 Å². The van der Waals surface area contributed by atoms with Crippen LogP contribution in [0.5, 0.6) is 0 Å². The van der Waals surface area contributed by atoms with E-state index < -0.39 is 28.5 Å². The Morgan fingerprint density at radius 2 is 1.50 bits per heavy atom. The van der Waals surface area contributed by atoms with Crippen molar-refractivity contribution in [3.8, 4) is 0 Å². The van der Waals surface area contributed by atoms with Crippen molar-refractivity contribution in [3.05, 3.63) is 93.4 Å². The number of halogens is 3. The monoisotopic (exact) mass is 623 g/mol. The molecule has 40 heavy (non-hydrogen) atoms. The lowest BCUT2D eigenvalue weighted by Gasteiger charge is -2.34. The molecule has 3 aromatic rings. The first-order valence-corrected chi connectivity index (χ1v) is 15.4. The van der Waals surface area contributed by atoms with Crippen molar-refractivity contribution in [1.82, 2.24) is 10.2 Å². The van der Waals surface area contributed by atoms with Gasteiger partial charge >= 0.3 is 0 Å². The Bertz CT molecular complexity index is 1420. The quantitative estimate of drug-likeness (QED) is 0.247. The first-order chi connectivity index (χ1) is 19.0. The normalized spacial score (nSPS) is 12.8. The standard InChI is InChI=1S/C29H32Cl3N3O4S/c1-4-20(3)33-29(37)26(5-2)34(18-21-11-13-22(30)14-12-21)28(36)19-35(27-16-15-23(31)17-25(27)32)40(38,39)24-9-7-6-8-10-24/h6-17,20,26H,4-5,18-19H2,1-3H3,(H,33,37)/t20-,26-/m0/s1. The highest BCUT2D eigenvalue weighted by Gasteiger charge is 2.34. The Morgan fingerprint density at radius 3 is 2.08 bits per heavy atom. The van der Waals surface area contributed by atoms with E-state index in [9.17, 15) is 18.0 Å². The van der Waals surface area contributed by atoms with Crippen molar-refractivity contribution >= 4 is 62.3 Å². The molecule has 0 spiro atoms. The number of nitrogens with zero attached hydrogens (tertiary/aromatic N) is 2. The van der Waals surface area contributed by atoms with E-state index in [-0.39, 0.29) is 34.1 Å². The number of rotatable bonds is 12. The molecule has 2 amide bonds. The second kappa shape index (κ2) is 14.2. The molecule has 0 saturated carbocycles. The van der Waals surface area contributed by atoms with Crippen LogP contribution >= 0.6 is 34.8 Å². The van der Waals surface area contributed by atoms with Gasteiger partial charge in [0.05, 0.1) is 15.6 Å². The fraction of sp³-hybridized carbons (Fsp3) is 0.310. The lowest BCUT2D eigenvalue weighted by molar-refractivity contribution is -0.140. The fourth-order valence-corrected chi connectivity index (χ4v) is 6.20. The van der Waals surface area contributed by atoms with Crippen LogP contribution in [0.1, 0.15) is 39.2 Å². The first-order valence-electron chi connectivity index (χ1n) is 12.8. The van der Waals surface area contributed by atoms with Crippen molar-refractivity contribution < 1.29 is 18.0 Å². The average molecular weight is 625 g/mol. The summed E-state index contributed by atoms with van der Waals surface area (Å²) < 4.78 is 28.7. The van der Waals surface area contributed by atoms with Gasteiger partial charge in [-0.3, -0.25) is 13.9 Å². The zero-order chi connectivity index (χ0) is 29.4. The molecule has 0 radical (unpaired) electrons. The minimum Gasteiger partial charge on any atom is -0.352 e. The van der Waals surface area contributed by atoms with Gasteiger partial charge in [0.2, 0.25) is 11.8 Å². The van der Waals surface area contributed by atoms with Crippen LogP contribution in [0, 0.1) is 0 Å². The largest absolute Gasteiger partial charge is 0.352 e. The van der Waals surface area contributed by atoms with Crippen LogP contribution < -0.4 is 9.62 Å². The van der Waals surface area contributed by atoms with Crippen LogP contribution in [0.3, 0.4) is 0 Å².